The second-order valence-corrected chi connectivity index (χ2v) is 8.70. The Morgan fingerprint density at radius 2 is 1.62 bits per heavy atom. The minimum atomic E-state index is -4.91. The monoisotopic (exact) mass is 545 g/mol. The highest BCUT2D eigenvalue weighted by molar-refractivity contribution is 5.64. The van der Waals surface area contributed by atoms with Crippen LogP contribution in [0.3, 0.4) is 0 Å². The van der Waals surface area contributed by atoms with Gasteiger partial charge in [0.2, 0.25) is 0 Å². The van der Waals surface area contributed by atoms with Gasteiger partial charge in [-0.1, -0.05) is 48.5 Å². The van der Waals surface area contributed by atoms with Gasteiger partial charge in [0.1, 0.15) is 5.82 Å². The molecule has 1 aromatic heterocycles. The van der Waals surface area contributed by atoms with Crippen LogP contribution in [0.25, 0.3) is 11.1 Å². The van der Waals surface area contributed by atoms with Gasteiger partial charge in [0.25, 0.3) is 5.56 Å². The van der Waals surface area contributed by atoms with Crippen LogP contribution in [0.5, 0.6) is 5.75 Å². The molecule has 0 aliphatic heterocycles. The number of ether oxygens (including phenoxy) is 1. The van der Waals surface area contributed by atoms with Crippen molar-refractivity contribution in [1.82, 2.24) is 9.13 Å². The summed E-state index contributed by atoms with van der Waals surface area (Å²) in [6.45, 7) is 0.521. The predicted molar refractivity (Wildman–Crippen MR) is 135 cm³/mol. The minimum Gasteiger partial charge on any atom is -0.491 e. The molecule has 0 unspecified atom stereocenters. The van der Waals surface area contributed by atoms with Crippen LogP contribution in [-0.2, 0) is 19.3 Å². The average molecular weight is 546 g/mol. The normalized spacial score (nSPS) is 12.4. The van der Waals surface area contributed by atoms with E-state index in [4.69, 9.17) is 10.5 Å². The highest BCUT2D eigenvalue weighted by Crippen LogP contribution is 2.33. The molecule has 2 N–H and O–H groups in total. The quantitative estimate of drug-likeness (QED) is 0.312. The maximum absolute atomic E-state index is 15.3. The Balaban J connectivity index is 1.94. The lowest BCUT2D eigenvalue weighted by molar-refractivity contribution is -0.138. The molecule has 0 saturated carbocycles. The lowest BCUT2D eigenvalue weighted by atomic mass is 10.0. The van der Waals surface area contributed by atoms with Gasteiger partial charge in [-0.3, -0.25) is 13.9 Å². The lowest BCUT2D eigenvalue weighted by Crippen LogP contribution is -2.43. The van der Waals surface area contributed by atoms with Crippen molar-refractivity contribution in [2.45, 2.75) is 32.2 Å². The van der Waals surface area contributed by atoms with Gasteiger partial charge in [0.05, 0.1) is 30.8 Å². The molecule has 0 aliphatic rings. The summed E-state index contributed by atoms with van der Waals surface area (Å²) in [6.07, 6.45) is -3.98. The van der Waals surface area contributed by atoms with Crippen molar-refractivity contribution >= 4 is 0 Å². The number of benzene rings is 3. The number of halogens is 5. The van der Waals surface area contributed by atoms with Crippen LogP contribution in [0.1, 0.15) is 29.7 Å². The smallest absolute Gasteiger partial charge is 0.416 e. The number of hydrogen-bond donors (Lipinski definition) is 1. The molecule has 204 valence electrons. The van der Waals surface area contributed by atoms with Gasteiger partial charge in [0.15, 0.2) is 11.6 Å². The highest BCUT2D eigenvalue weighted by Gasteiger charge is 2.34. The van der Waals surface area contributed by atoms with E-state index in [1.165, 1.54) is 18.2 Å². The number of rotatable bonds is 8. The van der Waals surface area contributed by atoms with E-state index in [-0.39, 0.29) is 30.0 Å². The first-order valence-corrected chi connectivity index (χ1v) is 11.9. The number of nitrogens with two attached hydrogens (primary N) is 1. The van der Waals surface area contributed by atoms with Gasteiger partial charge in [-0.05, 0) is 30.7 Å². The molecule has 0 fully saturated rings. The summed E-state index contributed by atoms with van der Waals surface area (Å²) in [6, 6.07) is 14.1. The van der Waals surface area contributed by atoms with Crippen LogP contribution in [-0.4, -0.2) is 15.7 Å². The molecule has 39 heavy (non-hydrogen) atoms. The molecule has 0 spiro atoms. The summed E-state index contributed by atoms with van der Waals surface area (Å²) >= 11 is 0. The molecule has 0 aliphatic carbocycles. The Bertz CT molecular complexity index is 1600. The molecule has 6 nitrogen and oxygen atoms in total. The summed E-state index contributed by atoms with van der Waals surface area (Å²) in [7, 11) is 0. The summed E-state index contributed by atoms with van der Waals surface area (Å²) < 4.78 is 77.7. The molecule has 1 heterocycles. The fourth-order valence-corrected chi connectivity index (χ4v) is 4.26. The molecular weight excluding hydrogens is 521 g/mol. The van der Waals surface area contributed by atoms with Crippen LogP contribution in [0, 0.1) is 11.6 Å². The third kappa shape index (κ3) is 5.78. The molecule has 0 bridgehead atoms. The zero-order valence-electron chi connectivity index (χ0n) is 20.7. The van der Waals surface area contributed by atoms with Gasteiger partial charge in [-0.15, -0.1) is 0 Å². The maximum Gasteiger partial charge on any atom is 0.416 e. The molecule has 11 heteroatoms. The van der Waals surface area contributed by atoms with Crippen molar-refractivity contribution in [1.29, 1.82) is 0 Å². The first-order valence-electron chi connectivity index (χ1n) is 11.9. The van der Waals surface area contributed by atoms with E-state index in [1.807, 2.05) is 0 Å². The third-order valence-electron chi connectivity index (χ3n) is 6.15. The maximum atomic E-state index is 15.3. The van der Waals surface area contributed by atoms with Crippen molar-refractivity contribution in [3.05, 3.63) is 122 Å². The van der Waals surface area contributed by atoms with E-state index < -0.39 is 52.8 Å². The summed E-state index contributed by atoms with van der Waals surface area (Å²) in [5.74, 6) is -2.25. The Kier molecular flexibility index (Phi) is 8.01. The SMILES string of the molecule is CCOc1cccc(-c2cn(Cc3c(F)cccc3C(F)(F)F)c(=O)n(C[C@H](N)c3ccccc3)c2=O)c1F. The van der Waals surface area contributed by atoms with Gasteiger partial charge in [-0.25, -0.2) is 13.6 Å². The van der Waals surface area contributed by atoms with E-state index in [2.05, 4.69) is 0 Å². The number of alkyl halides is 3. The molecule has 4 aromatic rings. The topological polar surface area (TPSA) is 79.2 Å². The fraction of sp³-hybridized carbons (Fsp3) is 0.214. The van der Waals surface area contributed by atoms with Crippen LogP contribution in [0.15, 0.2) is 82.5 Å². The number of aromatic nitrogens is 2. The largest absolute Gasteiger partial charge is 0.491 e. The van der Waals surface area contributed by atoms with Crippen molar-refractivity contribution in [3.8, 4) is 16.9 Å². The van der Waals surface area contributed by atoms with E-state index in [0.717, 1.165) is 22.9 Å². The molecule has 3 aromatic carbocycles. The zero-order chi connectivity index (χ0) is 28.3. The first-order chi connectivity index (χ1) is 18.5. The van der Waals surface area contributed by atoms with Crippen molar-refractivity contribution in [2.75, 3.05) is 6.61 Å². The summed E-state index contributed by atoms with van der Waals surface area (Å²) in [4.78, 5) is 26.9. The lowest BCUT2D eigenvalue weighted by Gasteiger charge is -2.19. The summed E-state index contributed by atoms with van der Waals surface area (Å²) in [5.41, 5.74) is 2.21. The van der Waals surface area contributed by atoms with Crippen LogP contribution in [0.4, 0.5) is 22.0 Å². The van der Waals surface area contributed by atoms with Gasteiger partial charge in [-0.2, -0.15) is 13.2 Å². The number of nitrogens with zero attached hydrogens (tertiary/aromatic N) is 2. The van der Waals surface area contributed by atoms with Crippen LogP contribution >= 0.6 is 0 Å². The Morgan fingerprint density at radius 1 is 0.923 bits per heavy atom. The van der Waals surface area contributed by atoms with E-state index in [1.54, 1.807) is 37.3 Å². The third-order valence-corrected chi connectivity index (χ3v) is 6.15. The van der Waals surface area contributed by atoms with Crippen molar-refractivity contribution in [2.24, 2.45) is 5.73 Å². The van der Waals surface area contributed by atoms with Crippen molar-refractivity contribution < 1.29 is 26.7 Å². The first kappa shape index (κ1) is 27.8. The fourth-order valence-electron chi connectivity index (χ4n) is 4.26. The van der Waals surface area contributed by atoms with Gasteiger partial charge < -0.3 is 10.5 Å². The van der Waals surface area contributed by atoms with Crippen LogP contribution < -0.4 is 21.7 Å². The minimum absolute atomic E-state index is 0.129. The second kappa shape index (κ2) is 11.2. The van der Waals surface area contributed by atoms with Gasteiger partial charge in [0, 0.05) is 23.4 Å². The molecule has 0 saturated heterocycles. The standard InChI is InChI=1S/C28H24F5N3O3/c1-2-39-24-13-6-10-18(25(24)30)19-14-35(15-20-21(28(31,32)33)11-7-12-22(20)29)27(38)36(26(19)37)16-23(34)17-8-4-3-5-9-17/h3-14,23H,2,15-16,34H2,1H3/t23-/m0/s1. The van der Waals surface area contributed by atoms with E-state index >= 15 is 4.39 Å². The zero-order valence-corrected chi connectivity index (χ0v) is 20.7. The van der Waals surface area contributed by atoms with Crippen LogP contribution in [0.2, 0.25) is 0 Å². The predicted octanol–water partition coefficient (Wildman–Crippen LogP) is 5.12. The van der Waals surface area contributed by atoms with E-state index in [0.29, 0.717) is 16.2 Å². The molecular formula is C28H24F5N3O3. The second-order valence-electron chi connectivity index (χ2n) is 8.70. The Labute approximate surface area is 219 Å². The molecule has 4 rings (SSSR count). The molecule has 0 amide bonds. The summed E-state index contributed by atoms with van der Waals surface area (Å²) in [5, 5.41) is 0. The molecule has 1 atom stereocenters. The van der Waals surface area contributed by atoms with Gasteiger partial charge >= 0.3 is 11.9 Å². The average Bonchev–Trinajstić information content (AvgIpc) is 2.90. The van der Waals surface area contributed by atoms with Crippen molar-refractivity contribution in [3.63, 3.8) is 0 Å². The Hall–Kier alpha value is -4.25. The Morgan fingerprint density at radius 3 is 2.28 bits per heavy atom. The van der Waals surface area contributed by atoms with E-state index in [9.17, 15) is 27.2 Å². The number of hydrogen-bond acceptors (Lipinski definition) is 4. The highest BCUT2D eigenvalue weighted by atomic mass is 19.4. The molecule has 0 radical (unpaired) electrons.